The lowest BCUT2D eigenvalue weighted by Gasteiger charge is -2.28. The van der Waals surface area contributed by atoms with Crippen LogP contribution in [-0.2, 0) is 4.79 Å². The molecule has 0 aliphatic carbocycles. The van der Waals surface area contributed by atoms with E-state index >= 15 is 0 Å². The van der Waals surface area contributed by atoms with Gasteiger partial charge >= 0.3 is 6.03 Å². The first-order valence-corrected chi connectivity index (χ1v) is 8.84. The molecular formula is C19H25N3O3. The normalized spacial score (nSPS) is 21.0. The lowest BCUT2D eigenvalue weighted by atomic mass is 9.99. The number of nitrogens with one attached hydrogen (secondary N) is 2. The van der Waals surface area contributed by atoms with E-state index in [2.05, 4.69) is 16.7 Å². The molecule has 0 aromatic heterocycles. The van der Waals surface area contributed by atoms with Gasteiger partial charge in [0.25, 0.3) is 0 Å². The molecule has 0 saturated carbocycles. The van der Waals surface area contributed by atoms with E-state index in [9.17, 15) is 9.59 Å². The summed E-state index contributed by atoms with van der Waals surface area (Å²) in [5, 5.41) is 5.72. The van der Waals surface area contributed by atoms with Gasteiger partial charge in [-0.25, -0.2) is 4.79 Å². The van der Waals surface area contributed by atoms with Crippen molar-refractivity contribution in [2.24, 2.45) is 0 Å². The smallest absolute Gasteiger partial charge is 0.318 e. The number of rotatable bonds is 3. The summed E-state index contributed by atoms with van der Waals surface area (Å²) >= 11 is 0. The van der Waals surface area contributed by atoms with Crippen molar-refractivity contribution in [1.29, 1.82) is 0 Å². The van der Waals surface area contributed by atoms with Crippen molar-refractivity contribution in [2.75, 3.05) is 26.7 Å². The van der Waals surface area contributed by atoms with Crippen molar-refractivity contribution in [3.05, 3.63) is 35.9 Å². The zero-order valence-corrected chi connectivity index (χ0v) is 14.6. The van der Waals surface area contributed by atoms with Crippen LogP contribution in [-0.4, -0.2) is 49.6 Å². The van der Waals surface area contributed by atoms with E-state index in [4.69, 9.17) is 4.74 Å². The van der Waals surface area contributed by atoms with Gasteiger partial charge in [-0.05, 0) is 49.0 Å². The topological polar surface area (TPSA) is 70.7 Å². The quantitative estimate of drug-likeness (QED) is 0.883. The number of nitrogens with zero attached hydrogens (tertiary/aromatic N) is 1. The fourth-order valence-corrected chi connectivity index (χ4v) is 3.24. The molecule has 3 rings (SSSR count). The Labute approximate surface area is 148 Å². The van der Waals surface area contributed by atoms with Crippen LogP contribution < -0.4 is 15.4 Å². The van der Waals surface area contributed by atoms with Crippen molar-refractivity contribution in [2.45, 2.75) is 31.7 Å². The molecule has 1 aromatic rings. The second-order valence-electron chi connectivity index (χ2n) is 6.44. The molecule has 2 aliphatic heterocycles. The highest BCUT2D eigenvalue weighted by atomic mass is 16.5. The Morgan fingerprint density at radius 1 is 1.28 bits per heavy atom. The molecule has 0 unspecified atom stereocenters. The Morgan fingerprint density at radius 2 is 2.08 bits per heavy atom. The minimum absolute atomic E-state index is 0.0719. The molecule has 6 nitrogen and oxygen atoms in total. The van der Waals surface area contributed by atoms with Crippen LogP contribution in [0.5, 0.6) is 5.75 Å². The zero-order valence-electron chi connectivity index (χ0n) is 14.6. The maximum Gasteiger partial charge on any atom is 0.318 e. The molecular weight excluding hydrogens is 318 g/mol. The van der Waals surface area contributed by atoms with Gasteiger partial charge < -0.3 is 20.3 Å². The lowest BCUT2D eigenvalue weighted by Crippen LogP contribution is -2.51. The van der Waals surface area contributed by atoms with Gasteiger partial charge in [0.2, 0.25) is 5.91 Å². The molecule has 1 saturated heterocycles. The number of carbonyl (C=O) groups excluding carboxylic acids is 2. The SMILES string of the molecule is COc1ccc(C2=CCN(C(=O)N[C@@H]3CCCCNC3=O)CC2)cc1. The van der Waals surface area contributed by atoms with Crippen LogP contribution >= 0.6 is 0 Å². The van der Waals surface area contributed by atoms with Gasteiger partial charge in [-0.1, -0.05) is 18.2 Å². The number of ether oxygens (including phenoxy) is 1. The summed E-state index contributed by atoms with van der Waals surface area (Å²) in [5.41, 5.74) is 2.39. The van der Waals surface area contributed by atoms with Gasteiger partial charge in [-0.3, -0.25) is 4.79 Å². The molecule has 1 fully saturated rings. The summed E-state index contributed by atoms with van der Waals surface area (Å²) in [6.45, 7) is 1.91. The fourth-order valence-electron chi connectivity index (χ4n) is 3.24. The van der Waals surface area contributed by atoms with E-state index in [-0.39, 0.29) is 11.9 Å². The highest BCUT2D eigenvalue weighted by Gasteiger charge is 2.25. The third-order valence-corrected chi connectivity index (χ3v) is 4.79. The Hall–Kier alpha value is -2.50. The molecule has 2 aliphatic rings. The van der Waals surface area contributed by atoms with Crippen LogP contribution in [0, 0.1) is 0 Å². The fraction of sp³-hybridized carbons (Fsp3) is 0.474. The van der Waals surface area contributed by atoms with Gasteiger partial charge in [0.1, 0.15) is 11.8 Å². The monoisotopic (exact) mass is 343 g/mol. The predicted molar refractivity (Wildman–Crippen MR) is 96.3 cm³/mol. The summed E-state index contributed by atoms with van der Waals surface area (Å²) in [7, 11) is 1.65. The minimum atomic E-state index is -0.415. The van der Waals surface area contributed by atoms with Crippen LogP contribution in [0.3, 0.4) is 0 Å². The second-order valence-corrected chi connectivity index (χ2v) is 6.44. The number of methoxy groups -OCH3 is 1. The summed E-state index contributed by atoms with van der Waals surface area (Å²) in [6, 6.07) is 7.39. The summed E-state index contributed by atoms with van der Waals surface area (Å²) in [6.07, 6.45) is 5.51. The van der Waals surface area contributed by atoms with Crippen LogP contribution in [0.25, 0.3) is 5.57 Å². The van der Waals surface area contributed by atoms with Crippen molar-refractivity contribution >= 4 is 17.5 Å². The number of carbonyl (C=O) groups is 2. The predicted octanol–water partition coefficient (Wildman–Crippen LogP) is 2.16. The third-order valence-electron chi connectivity index (χ3n) is 4.79. The average molecular weight is 343 g/mol. The van der Waals surface area contributed by atoms with Crippen LogP contribution in [0.1, 0.15) is 31.2 Å². The zero-order chi connectivity index (χ0) is 17.6. The first-order valence-electron chi connectivity index (χ1n) is 8.84. The van der Waals surface area contributed by atoms with E-state index in [0.29, 0.717) is 26.1 Å². The third kappa shape index (κ3) is 4.32. The highest BCUT2D eigenvalue weighted by Crippen LogP contribution is 2.24. The number of amides is 3. The number of hydrogen-bond donors (Lipinski definition) is 2. The van der Waals surface area contributed by atoms with E-state index in [1.54, 1.807) is 12.0 Å². The standard InChI is InChI=1S/C19H25N3O3/c1-25-16-7-5-14(6-8-16)15-9-12-22(13-10-15)19(24)21-17-4-2-3-11-20-18(17)23/h5-9,17H,2-4,10-13H2,1H3,(H,20,23)(H,21,24)/t17-/m1/s1. The van der Waals surface area contributed by atoms with E-state index < -0.39 is 6.04 Å². The summed E-state index contributed by atoms with van der Waals surface area (Å²) < 4.78 is 5.18. The van der Waals surface area contributed by atoms with Crippen LogP contribution in [0.4, 0.5) is 4.79 Å². The first kappa shape index (κ1) is 17.3. The summed E-state index contributed by atoms with van der Waals surface area (Å²) in [5.74, 6) is 0.764. The number of hydrogen-bond acceptors (Lipinski definition) is 3. The molecule has 1 atom stereocenters. The Morgan fingerprint density at radius 3 is 2.76 bits per heavy atom. The van der Waals surface area contributed by atoms with Crippen LogP contribution in [0.15, 0.2) is 30.3 Å². The Balaban J connectivity index is 1.57. The summed E-state index contributed by atoms with van der Waals surface area (Å²) in [4.78, 5) is 26.2. The molecule has 0 radical (unpaired) electrons. The van der Waals surface area contributed by atoms with E-state index in [0.717, 1.165) is 30.6 Å². The minimum Gasteiger partial charge on any atom is -0.497 e. The maximum atomic E-state index is 12.4. The van der Waals surface area contributed by atoms with Crippen molar-refractivity contribution < 1.29 is 14.3 Å². The van der Waals surface area contributed by atoms with E-state index in [1.807, 2.05) is 24.3 Å². The van der Waals surface area contributed by atoms with Crippen LogP contribution in [0.2, 0.25) is 0 Å². The number of benzene rings is 1. The average Bonchev–Trinajstić information content (AvgIpc) is 2.86. The molecule has 2 heterocycles. The van der Waals surface area contributed by atoms with Gasteiger partial charge in [0.15, 0.2) is 0 Å². The van der Waals surface area contributed by atoms with Gasteiger partial charge in [0.05, 0.1) is 7.11 Å². The first-order chi connectivity index (χ1) is 12.2. The molecule has 6 heteroatoms. The van der Waals surface area contributed by atoms with Crippen molar-refractivity contribution in [3.63, 3.8) is 0 Å². The van der Waals surface area contributed by atoms with Crippen molar-refractivity contribution in [3.8, 4) is 5.75 Å². The van der Waals surface area contributed by atoms with Crippen molar-refractivity contribution in [1.82, 2.24) is 15.5 Å². The van der Waals surface area contributed by atoms with Gasteiger partial charge in [-0.15, -0.1) is 0 Å². The molecule has 0 spiro atoms. The van der Waals surface area contributed by atoms with Gasteiger partial charge in [-0.2, -0.15) is 0 Å². The Bertz CT molecular complexity index is 654. The molecule has 2 N–H and O–H groups in total. The molecule has 0 bridgehead atoms. The van der Waals surface area contributed by atoms with E-state index in [1.165, 1.54) is 5.57 Å². The highest BCUT2D eigenvalue weighted by molar-refractivity contribution is 5.87. The lowest BCUT2D eigenvalue weighted by molar-refractivity contribution is -0.122. The number of urea groups is 1. The molecule has 25 heavy (non-hydrogen) atoms. The second kappa shape index (κ2) is 8.05. The molecule has 1 aromatic carbocycles. The maximum absolute atomic E-state index is 12.4. The molecule has 134 valence electrons. The largest absolute Gasteiger partial charge is 0.497 e. The van der Waals surface area contributed by atoms with Gasteiger partial charge in [0, 0.05) is 19.6 Å². The molecule has 3 amide bonds. The Kier molecular flexibility index (Phi) is 5.58.